The Bertz CT molecular complexity index is 260. The summed E-state index contributed by atoms with van der Waals surface area (Å²) in [5.74, 6) is 1.58. The topological polar surface area (TPSA) is 44.9 Å². The third kappa shape index (κ3) is 6.79. The van der Waals surface area contributed by atoms with Crippen molar-refractivity contribution in [3.63, 3.8) is 0 Å². The number of guanidine groups is 1. The molecule has 19 heavy (non-hydrogen) atoms. The van der Waals surface area contributed by atoms with E-state index < -0.39 is 0 Å². The highest BCUT2D eigenvalue weighted by molar-refractivity contribution is 14.0. The van der Waals surface area contributed by atoms with Crippen LogP contribution in [0.15, 0.2) is 4.99 Å². The van der Waals surface area contributed by atoms with E-state index in [2.05, 4.69) is 42.5 Å². The smallest absolute Gasteiger partial charge is 0.191 e. The van der Waals surface area contributed by atoms with Gasteiger partial charge in [-0.25, -0.2) is 0 Å². The van der Waals surface area contributed by atoms with E-state index in [1.165, 1.54) is 12.8 Å². The summed E-state index contributed by atoms with van der Waals surface area (Å²) < 4.78 is 0. The van der Waals surface area contributed by atoms with E-state index in [0.29, 0.717) is 6.04 Å². The average Bonchev–Trinajstić information content (AvgIpc) is 2.34. The fourth-order valence-electron chi connectivity index (χ4n) is 2.41. The second-order valence-corrected chi connectivity index (χ2v) is 5.63. The van der Waals surface area contributed by atoms with Gasteiger partial charge in [0.05, 0.1) is 6.54 Å². The number of nitrogens with zero attached hydrogens (tertiary/aromatic N) is 3. The fourth-order valence-corrected chi connectivity index (χ4v) is 2.41. The molecule has 0 aromatic rings. The largest absolute Gasteiger partial charge is 0.370 e. The van der Waals surface area contributed by atoms with Crippen molar-refractivity contribution in [3.8, 4) is 0 Å². The SMILES string of the molecule is CCN(CCN=C(N)N1CCC(C)CC1)C(C)C.I. The van der Waals surface area contributed by atoms with Crippen LogP contribution in [0.5, 0.6) is 0 Å². The first-order valence-electron chi connectivity index (χ1n) is 7.33. The van der Waals surface area contributed by atoms with Gasteiger partial charge in [-0.05, 0) is 39.2 Å². The Hall–Kier alpha value is -0.0400. The fraction of sp³-hybridized carbons (Fsp3) is 0.929. The average molecular weight is 382 g/mol. The first-order valence-corrected chi connectivity index (χ1v) is 7.33. The molecule has 1 heterocycles. The summed E-state index contributed by atoms with van der Waals surface area (Å²) >= 11 is 0. The highest BCUT2D eigenvalue weighted by atomic mass is 127. The molecule has 0 spiro atoms. The molecule has 2 N–H and O–H groups in total. The molecule has 0 bridgehead atoms. The van der Waals surface area contributed by atoms with Crippen molar-refractivity contribution < 1.29 is 0 Å². The molecular formula is C14H31IN4. The van der Waals surface area contributed by atoms with Gasteiger partial charge in [-0.2, -0.15) is 0 Å². The molecule has 5 heteroatoms. The molecule has 0 unspecified atom stereocenters. The second kappa shape index (κ2) is 9.80. The van der Waals surface area contributed by atoms with E-state index in [1.54, 1.807) is 0 Å². The van der Waals surface area contributed by atoms with Gasteiger partial charge in [-0.1, -0.05) is 13.8 Å². The summed E-state index contributed by atoms with van der Waals surface area (Å²) in [5, 5.41) is 0. The molecule has 0 atom stereocenters. The molecule has 0 aliphatic carbocycles. The summed E-state index contributed by atoms with van der Waals surface area (Å²) in [6.07, 6.45) is 2.48. The first-order chi connectivity index (χ1) is 8.54. The number of hydrogen-bond donors (Lipinski definition) is 1. The number of piperidine rings is 1. The molecule has 114 valence electrons. The van der Waals surface area contributed by atoms with E-state index in [1.807, 2.05) is 0 Å². The van der Waals surface area contributed by atoms with Gasteiger partial charge in [-0.15, -0.1) is 24.0 Å². The highest BCUT2D eigenvalue weighted by Crippen LogP contribution is 2.15. The van der Waals surface area contributed by atoms with Crippen LogP contribution in [0.4, 0.5) is 0 Å². The lowest BCUT2D eigenvalue weighted by Gasteiger charge is -2.31. The number of halogens is 1. The number of likely N-dealkylation sites (tertiary alicyclic amines) is 1. The minimum Gasteiger partial charge on any atom is -0.370 e. The lowest BCUT2D eigenvalue weighted by atomic mass is 10.00. The zero-order chi connectivity index (χ0) is 13.5. The van der Waals surface area contributed by atoms with E-state index in [4.69, 9.17) is 5.73 Å². The van der Waals surface area contributed by atoms with Gasteiger partial charge < -0.3 is 10.6 Å². The Morgan fingerprint density at radius 3 is 2.42 bits per heavy atom. The van der Waals surface area contributed by atoms with Crippen LogP contribution >= 0.6 is 24.0 Å². The predicted molar refractivity (Wildman–Crippen MR) is 94.3 cm³/mol. The molecule has 0 amide bonds. The van der Waals surface area contributed by atoms with Crippen LogP contribution in [-0.4, -0.2) is 54.5 Å². The van der Waals surface area contributed by atoms with Gasteiger partial charge in [0.15, 0.2) is 5.96 Å². The van der Waals surface area contributed by atoms with Gasteiger partial charge >= 0.3 is 0 Å². The minimum absolute atomic E-state index is 0. The summed E-state index contributed by atoms with van der Waals surface area (Å²) in [4.78, 5) is 9.16. The molecule has 4 nitrogen and oxygen atoms in total. The maximum atomic E-state index is 6.06. The Balaban J connectivity index is 0.00000324. The van der Waals surface area contributed by atoms with E-state index in [-0.39, 0.29) is 24.0 Å². The highest BCUT2D eigenvalue weighted by Gasteiger charge is 2.16. The quantitative estimate of drug-likeness (QED) is 0.451. The summed E-state index contributed by atoms with van der Waals surface area (Å²) in [5.41, 5.74) is 6.06. The van der Waals surface area contributed by atoms with Crippen LogP contribution in [0.2, 0.25) is 0 Å². The molecular weight excluding hydrogens is 351 g/mol. The third-order valence-electron chi connectivity index (χ3n) is 3.91. The van der Waals surface area contributed by atoms with Gasteiger partial charge in [-0.3, -0.25) is 9.89 Å². The van der Waals surface area contributed by atoms with E-state index in [9.17, 15) is 0 Å². The molecule has 0 aromatic carbocycles. The standard InChI is InChI=1S/C14H30N4.HI/c1-5-17(12(2)3)11-8-16-14(15)18-9-6-13(4)7-10-18;/h12-13H,5-11H2,1-4H3,(H2,15,16);1H. The number of hydrogen-bond acceptors (Lipinski definition) is 2. The molecule has 0 saturated carbocycles. The van der Waals surface area contributed by atoms with E-state index in [0.717, 1.165) is 44.6 Å². The first kappa shape index (κ1) is 19.0. The normalized spacial score (nSPS) is 18.0. The Morgan fingerprint density at radius 2 is 1.95 bits per heavy atom. The molecule has 1 rings (SSSR count). The number of likely N-dealkylation sites (N-methyl/N-ethyl adjacent to an activating group) is 1. The van der Waals surface area contributed by atoms with Crippen molar-refractivity contribution in [1.82, 2.24) is 9.80 Å². The molecule has 1 saturated heterocycles. The molecule has 1 aliphatic rings. The van der Waals surface area contributed by atoms with Crippen LogP contribution < -0.4 is 5.73 Å². The zero-order valence-electron chi connectivity index (χ0n) is 12.9. The summed E-state index contributed by atoms with van der Waals surface area (Å²) in [6.45, 7) is 14.0. The van der Waals surface area contributed by atoms with Gasteiger partial charge in [0.2, 0.25) is 0 Å². The van der Waals surface area contributed by atoms with Crippen LogP contribution in [-0.2, 0) is 0 Å². The van der Waals surface area contributed by atoms with Crippen LogP contribution in [0.1, 0.15) is 40.5 Å². The van der Waals surface area contributed by atoms with Gasteiger partial charge in [0.25, 0.3) is 0 Å². The summed E-state index contributed by atoms with van der Waals surface area (Å²) in [7, 11) is 0. The van der Waals surface area contributed by atoms with Crippen molar-refractivity contribution in [2.24, 2.45) is 16.6 Å². The van der Waals surface area contributed by atoms with Crippen LogP contribution in [0, 0.1) is 5.92 Å². The molecule has 1 aliphatic heterocycles. The van der Waals surface area contributed by atoms with Crippen molar-refractivity contribution >= 4 is 29.9 Å². The monoisotopic (exact) mass is 382 g/mol. The van der Waals surface area contributed by atoms with Crippen LogP contribution in [0.25, 0.3) is 0 Å². The number of nitrogens with two attached hydrogens (primary N) is 1. The third-order valence-corrected chi connectivity index (χ3v) is 3.91. The van der Waals surface area contributed by atoms with Crippen molar-refractivity contribution in [2.45, 2.75) is 46.6 Å². The maximum absolute atomic E-state index is 6.06. The lowest BCUT2D eigenvalue weighted by Crippen LogP contribution is -2.43. The predicted octanol–water partition coefficient (Wildman–Crippen LogP) is 2.38. The van der Waals surface area contributed by atoms with Gasteiger partial charge in [0, 0.05) is 25.7 Å². The minimum atomic E-state index is 0. The maximum Gasteiger partial charge on any atom is 0.191 e. The number of aliphatic imine (C=N–C) groups is 1. The molecule has 0 aromatic heterocycles. The van der Waals surface area contributed by atoms with Crippen molar-refractivity contribution in [1.29, 1.82) is 0 Å². The van der Waals surface area contributed by atoms with Crippen molar-refractivity contribution in [3.05, 3.63) is 0 Å². The van der Waals surface area contributed by atoms with E-state index >= 15 is 0 Å². The Kier molecular flexibility index (Phi) is 9.78. The van der Waals surface area contributed by atoms with Crippen LogP contribution in [0.3, 0.4) is 0 Å². The van der Waals surface area contributed by atoms with Crippen molar-refractivity contribution in [2.75, 3.05) is 32.7 Å². The van der Waals surface area contributed by atoms with Gasteiger partial charge in [0.1, 0.15) is 0 Å². The number of rotatable bonds is 5. The molecule has 1 fully saturated rings. The second-order valence-electron chi connectivity index (χ2n) is 5.63. The Labute approximate surface area is 135 Å². The molecule has 0 radical (unpaired) electrons. The summed E-state index contributed by atoms with van der Waals surface area (Å²) in [6, 6.07) is 0.585. The Morgan fingerprint density at radius 1 is 1.37 bits per heavy atom. The lowest BCUT2D eigenvalue weighted by molar-refractivity contribution is 0.239. The zero-order valence-corrected chi connectivity index (χ0v) is 15.3.